The Morgan fingerprint density at radius 1 is 1.02 bits per heavy atom. The maximum Gasteiger partial charge on any atom is 0.344 e. The molecular weight excluding hydrogens is 753 g/mol. The van der Waals surface area contributed by atoms with E-state index in [0.29, 0.717) is 74.6 Å². The number of quaternary nitrogens is 1. The second-order valence-corrected chi connectivity index (χ2v) is 18.0. The molecule has 2 aromatic carbocycles. The second-order valence-electron chi connectivity index (χ2n) is 18.0. The summed E-state index contributed by atoms with van der Waals surface area (Å²) in [6, 6.07) is 10.6. The van der Waals surface area contributed by atoms with Gasteiger partial charge in [0, 0.05) is 73.1 Å². The summed E-state index contributed by atoms with van der Waals surface area (Å²) < 4.78 is 23.3. The molecule has 10 rings (SSSR count). The lowest BCUT2D eigenvalue weighted by molar-refractivity contribution is -0.830. The van der Waals surface area contributed by atoms with Gasteiger partial charge in [-0.3, -0.25) is 19.5 Å². The van der Waals surface area contributed by atoms with Crippen LogP contribution in [0, 0.1) is 10.6 Å². The van der Waals surface area contributed by atoms with Crippen LogP contribution in [0.5, 0.6) is 5.75 Å². The van der Waals surface area contributed by atoms with Crippen LogP contribution in [0.4, 0.5) is 11.4 Å². The first-order valence-electron chi connectivity index (χ1n) is 20.9. The van der Waals surface area contributed by atoms with Crippen LogP contribution >= 0.6 is 0 Å². The summed E-state index contributed by atoms with van der Waals surface area (Å²) in [7, 11) is 6.06. The molecule has 9 atom stereocenters. The van der Waals surface area contributed by atoms with Crippen LogP contribution in [0.2, 0.25) is 0 Å². The maximum atomic E-state index is 15.3. The van der Waals surface area contributed by atoms with Gasteiger partial charge in [-0.05, 0) is 60.7 Å². The molecule has 8 aliphatic rings. The number of hydrogen-bond acceptors (Lipinski definition) is 12. The Morgan fingerprint density at radius 2 is 1.78 bits per heavy atom. The van der Waals surface area contributed by atoms with Crippen LogP contribution < -0.4 is 9.64 Å². The van der Waals surface area contributed by atoms with Crippen LogP contribution in [-0.4, -0.2) is 117 Å². The SMILES string of the molecule is CCC1=CC2=C3[C@]4(CC[N+]3([O-])C1)C(=Nc1ccccc14)[C@@](C(=O)OC)(c1cc3c(cc1OC)N(C)[C@H]1[C@@](O)(C(=O)OC)[C@H](OC(C)=O)[C@]4(CC)C=CCN5CC[C@]31[C@@H]54)C2. The summed E-state index contributed by atoms with van der Waals surface area (Å²) in [5, 5.41) is 28.4. The predicted octanol–water partition coefficient (Wildman–Crippen LogP) is 4.80. The number of esters is 3. The number of carbonyl (C=O) groups is 3. The fraction of sp³-hybridized carbons (Fsp3) is 0.522. The van der Waals surface area contributed by atoms with E-state index in [0.717, 1.165) is 33.7 Å². The molecule has 6 heterocycles. The molecule has 1 unspecified atom stereocenters. The minimum Gasteiger partial charge on any atom is -0.627 e. The molecule has 2 aromatic rings. The molecule has 6 aliphatic heterocycles. The number of anilines is 1. The van der Waals surface area contributed by atoms with E-state index >= 15 is 10.0 Å². The average molecular weight is 805 g/mol. The average Bonchev–Trinajstić information content (AvgIpc) is 3.96. The zero-order valence-corrected chi connectivity index (χ0v) is 34.8. The van der Waals surface area contributed by atoms with Crippen molar-refractivity contribution in [2.45, 2.75) is 92.9 Å². The number of hydroxylamine groups is 3. The molecule has 0 amide bonds. The zero-order valence-electron chi connectivity index (χ0n) is 34.8. The maximum absolute atomic E-state index is 15.3. The first-order chi connectivity index (χ1) is 28.2. The highest BCUT2D eigenvalue weighted by Crippen LogP contribution is 2.70. The van der Waals surface area contributed by atoms with Crippen molar-refractivity contribution in [2.24, 2.45) is 10.4 Å². The molecule has 13 heteroatoms. The molecule has 310 valence electrons. The van der Waals surface area contributed by atoms with Crippen LogP contribution in [-0.2, 0) is 44.8 Å². The van der Waals surface area contributed by atoms with E-state index in [-0.39, 0.29) is 12.5 Å². The molecule has 1 N–H and O–H groups in total. The van der Waals surface area contributed by atoms with Crippen molar-refractivity contribution in [3.8, 4) is 5.75 Å². The number of rotatable bonds is 7. The van der Waals surface area contributed by atoms with E-state index in [1.165, 1.54) is 21.1 Å². The summed E-state index contributed by atoms with van der Waals surface area (Å²) in [5.74, 6) is -1.61. The quantitative estimate of drug-likeness (QED) is 0.135. The Labute approximate surface area is 344 Å². The summed E-state index contributed by atoms with van der Waals surface area (Å²) in [4.78, 5) is 52.3. The molecular formula is C46H52N4O9. The van der Waals surface area contributed by atoms with E-state index in [4.69, 9.17) is 23.9 Å². The molecule has 2 aliphatic carbocycles. The lowest BCUT2D eigenvalue weighted by Gasteiger charge is -2.63. The lowest BCUT2D eigenvalue weighted by Crippen LogP contribution is -2.81. The highest BCUT2D eigenvalue weighted by atomic mass is 16.6. The van der Waals surface area contributed by atoms with Gasteiger partial charge in [-0.25, -0.2) is 4.79 Å². The first kappa shape index (κ1) is 38.4. The number of likely N-dealkylation sites (N-methyl/N-ethyl adjacent to an activating group) is 1. The molecule has 0 bridgehead atoms. The lowest BCUT2D eigenvalue weighted by atomic mass is 9.47. The number of methoxy groups -OCH3 is 3. The second kappa shape index (κ2) is 12.4. The van der Waals surface area contributed by atoms with Crippen LogP contribution in [0.1, 0.15) is 69.6 Å². The molecule has 2 spiro atoms. The monoisotopic (exact) mass is 804 g/mol. The largest absolute Gasteiger partial charge is 0.627 e. The minimum atomic E-state index is -2.32. The van der Waals surface area contributed by atoms with E-state index in [1.54, 1.807) is 7.11 Å². The van der Waals surface area contributed by atoms with Crippen molar-refractivity contribution in [1.29, 1.82) is 0 Å². The summed E-state index contributed by atoms with van der Waals surface area (Å²) in [5.41, 5.74) is 0.179. The summed E-state index contributed by atoms with van der Waals surface area (Å²) >= 11 is 0. The van der Waals surface area contributed by atoms with E-state index in [2.05, 4.69) is 24.0 Å². The highest BCUT2D eigenvalue weighted by Gasteiger charge is 2.81. The number of aliphatic hydroxyl groups is 1. The van der Waals surface area contributed by atoms with Gasteiger partial charge < -0.3 is 38.8 Å². The van der Waals surface area contributed by atoms with Gasteiger partial charge in [0.2, 0.25) is 5.60 Å². The van der Waals surface area contributed by atoms with E-state index in [1.807, 2.05) is 61.4 Å². The normalized spacial score (nSPS) is 38.0. The third-order valence-electron chi connectivity index (χ3n) is 15.8. The Balaban J connectivity index is 1.29. The molecule has 59 heavy (non-hydrogen) atoms. The number of fused-ring (bicyclic) bond motifs is 2. The van der Waals surface area contributed by atoms with Crippen molar-refractivity contribution in [3.63, 3.8) is 0 Å². The fourth-order valence-corrected chi connectivity index (χ4v) is 14.0. The molecule has 3 fully saturated rings. The van der Waals surface area contributed by atoms with Crippen molar-refractivity contribution in [3.05, 3.63) is 93.4 Å². The van der Waals surface area contributed by atoms with Crippen molar-refractivity contribution in [1.82, 2.24) is 4.90 Å². The molecule has 0 aromatic heterocycles. The minimum absolute atomic E-state index is 0.133. The molecule has 0 radical (unpaired) electrons. The van der Waals surface area contributed by atoms with Gasteiger partial charge in [-0.2, -0.15) is 0 Å². The third-order valence-corrected chi connectivity index (χ3v) is 15.8. The number of ether oxygens (including phenoxy) is 4. The van der Waals surface area contributed by atoms with Gasteiger partial charge in [0.25, 0.3) is 0 Å². The molecule has 2 saturated heterocycles. The Hall–Kier alpha value is -4.82. The highest BCUT2D eigenvalue weighted by molar-refractivity contribution is 6.22. The number of nitrogens with zero attached hydrogens (tertiary/aromatic N) is 4. The smallest absolute Gasteiger partial charge is 0.344 e. The van der Waals surface area contributed by atoms with Gasteiger partial charge in [0.05, 0.1) is 45.3 Å². The number of hydrogen-bond donors (Lipinski definition) is 1. The fourth-order valence-electron chi connectivity index (χ4n) is 14.0. The number of allylic oxidation sites excluding steroid dienone is 3. The van der Waals surface area contributed by atoms with Crippen LogP contribution in [0.15, 0.2) is 76.5 Å². The first-order valence-corrected chi connectivity index (χ1v) is 20.9. The zero-order chi connectivity index (χ0) is 41.7. The van der Waals surface area contributed by atoms with Crippen LogP contribution in [0.3, 0.4) is 0 Å². The van der Waals surface area contributed by atoms with Gasteiger partial charge in [0.1, 0.15) is 28.8 Å². The van der Waals surface area contributed by atoms with Crippen molar-refractivity contribution in [2.75, 3.05) is 59.5 Å². The van der Waals surface area contributed by atoms with Gasteiger partial charge in [0.15, 0.2) is 6.10 Å². The van der Waals surface area contributed by atoms with E-state index in [9.17, 15) is 14.7 Å². The third kappa shape index (κ3) is 4.24. The molecule has 1 saturated carbocycles. The number of para-hydroxylation sites is 1. The Morgan fingerprint density at radius 3 is 2.47 bits per heavy atom. The summed E-state index contributed by atoms with van der Waals surface area (Å²) in [6.07, 6.45) is 7.25. The molecule has 13 nitrogen and oxygen atoms in total. The Bertz CT molecular complexity index is 2390. The topological polar surface area (TPSA) is 150 Å². The predicted molar refractivity (Wildman–Crippen MR) is 218 cm³/mol. The number of benzene rings is 2. The van der Waals surface area contributed by atoms with Crippen molar-refractivity contribution < 1.29 is 43.1 Å². The number of aliphatic imine (C=N–C) groups is 1. The van der Waals surface area contributed by atoms with Gasteiger partial charge in [-0.15, -0.1) is 0 Å². The van der Waals surface area contributed by atoms with E-state index < -0.39 is 62.0 Å². The number of carbonyl (C=O) groups excluding carboxylic acids is 3. The van der Waals surface area contributed by atoms with Gasteiger partial charge >= 0.3 is 17.9 Å². The Kier molecular flexibility index (Phi) is 8.05. The van der Waals surface area contributed by atoms with Crippen LogP contribution in [0.25, 0.3) is 0 Å². The summed E-state index contributed by atoms with van der Waals surface area (Å²) in [6.45, 7) is 7.34. The van der Waals surface area contributed by atoms with Gasteiger partial charge in [-0.1, -0.05) is 44.2 Å². The van der Waals surface area contributed by atoms with Crippen molar-refractivity contribution >= 4 is 35.0 Å². The standard InChI is InChI=1S/C46H52N4O9/c1-8-27-21-28-24-45(40(52)57-6,36-43(17-20-50(55,25-27)35(28)43)29-13-10-11-14-32(29)47-36)31-22-30-33(23-34(31)56-5)48(4)38-44(30)16-19-49-18-12-15-42(9-2,37(44)49)39(59-26(3)51)46(38,54)41(53)58-7/h10-15,21-23,37-39,54H,8-9,16-20,24-25H2,1-7H3/t37-,38+,39+,42+,43+,44+,45-,46-,50?/m0/s1.